The van der Waals surface area contributed by atoms with Gasteiger partial charge < -0.3 is 0 Å². The number of hydrogen-bond donors (Lipinski definition) is 0. The van der Waals surface area contributed by atoms with Crippen LogP contribution in [0.5, 0.6) is 0 Å². The lowest BCUT2D eigenvalue weighted by Gasteiger charge is -2.09. The molecule has 0 aliphatic carbocycles. The molecule has 0 aromatic carbocycles. The van der Waals surface area contributed by atoms with E-state index in [0.29, 0.717) is 0 Å². The molecule has 0 aromatic rings. The topological polar surface area (TPSA) is 0 Å². The molecule has 12 heavy (non-hydrogen) atoms. The molecule has 0 N–H and O–H groups in total. The maximum atomic E-state index is 5.14. The lowest BCUT2D eigenvalue weighted by molar-refractivity contribution is 1.19. The van der Waals surface area contributed by atoms with E-state index in [-0.39, 0.29) is 4.49 Å². The summed E-state index contributed by atoms with van der Waals surface area (Å²) < 4.78 is -1.46. The Balaban J connectivity index is 0. The van der Waals surface area contributed by atoms with Gasteiger partial charge in [-0.05, 0) is 0 Å². The first-order valence-electron chi connectivity index (χ1n) is 2.18. The molecule has 0 amide bonds. The van der Waals surface area contributed by atoms with Crippen LogP contribution in [0.3, 0.4) is 0 Å². The van der Waals surface area contributed by atoms with Gasteiger partial charge in [0, 0.05) is 5.54 Å². The summed E-state index contributed by atoms with van der Waals surface area (Å²) in [5.74, 6) is 0. The number of hydrogen-bond acceptors (Lipinski definition) is 0. The minimum atomic E-state index is -1.55. The van der Waals surface area contributed by atoms with Crippen molar-refractivity contribution in [2.24, 2.45) is 0 Å². The predicted molar refractivity (Wildman–Crippen MR) is 61.4 cm³/mol. The quantitative estimate of drug-likeness (QED) is 0.502. The Hall–Kier alpha value is 2.06. The standard InChI is InChI=1S/C2HCl5.C2HCl3/c3-1(4)2(5,6)7;3-1-2(4)5/h1H;1H. The van der Waals surface area contributed by atoms with Crippen LogP contribution >= 0.6 is 92.8 Å². The molecule has 0 nitrogen and oxygen atoms in total. The summed E-state index contributed by atoms with van der Waals surface area (Å²) in [4.78, 5) is -0.961. The van der Waals surface area contributed by atoms with Crippen molar-refractivity contribution in [2.75, 3.05) is 0 Å². The first-order valence-corrected chi connectivity index (χ1v) is 5.38. The summed E-state index contributed by atoms with van der Waals surface area (Å²) in [5, 5.41) is 0. The van der Waals surface area contributed by atoms with Gasteiger partial charge in [0.05, 0.1) is 0 Å². The van der Waals surface area contributed by atoms with Gasteiger partial charge in [-0.2, -0.15) is 0 Å². The fraction of sp³-hybridized carbons (Fsp3) is 0.500. The van der Waals surface area contributed by atoms with Crippen molar-refractivity contribution in [2.45, 2.75) is 8.63 Å². The van der Waals surface area contributed by atoms with Crippen LogP contribution in [0.1, 0.15) is 0 Å². The Morgan fingerprint density at radius 3 is 1.25 bits per heavy atom. The molecule has 0 rings (SSSR count). The SMILES string of the molecule is ClC(Cl)C(Cl)(Cl)Cl.ClC=C(Cl)Cl. The van der Waals surface area contributed by atoms with E-state index in [2.05, 4.69) is 0 Å². The molecule has 0 unspecified atom stereocenters. The second-order valence-corrected chi connectivity index (χ2v) is 5.93. The highest BCUT2D eigenvalue weighted by Crippen LogP contribution is 2.35. The van der Waals surface area contributed by atoms with Gasteiger partial charge >= 0.3 is 0 Å². The Morgan fingerprint density at radius 2 is 1.25 bits per heavy atom. The van der Waals surface area contributed by atoms with E-state index in [1.54, 1.807) is 0 Å². The van der Waals surface area contributed by atoms with Crippen LogP contribution < -0.4 is 0 Å². The Labute approximate surface area is 111 Å². The third kappa shape index (κ3) is 14.6. The van der Waals surface area contributed by atoms with Gasteiger partial charge in [-0.3, -0.25) is 0 Å². The molecule has 74 valence electrons. The smallest absolute Gasteiger partial charge is 0.101 e. The van der Waals surface area contributed by atoms with Crippen LogP contribution in [0.4, 0.5) is 0 Å². The highest BCUT2D eigenvalue weighted by molar-refractivity contribution is 6.73. The fourth-order valence-electron chi connectivity index (χ4n) is 0. The van der Waals surface area contributed by atoms with E-state index < -0.39 is 8.63 Å². The maximum absolute atomic E-state index is 5.14. The van der Waals surface area contributed by atoms with Gasteiger partial charge in [0.1, 0.15) is 4.49 Å². The van der Waals surface area contributed by atoms with Crippen LogP contribution in [-0.4, -0.2) is 8.63 Å². The van der Waals surface area contributed by atoms with Crippen molar-refractivity contribution in [3.8, 4) is 0 Å². The summed E-state index contributed by atoms with van der Waals surface area (Å²) in [5.41, 5.74) is 1.09. The highest BCUT2D eigenvalue weighted by Gasteiger charge is 2.28. The molecular weight excluding hydrogens is 332 g/mol. The molecule has 0 radical (unpaired) electrons. The first-order chi connectivity index (χ1) is 5.21. The lowest BCUT2D eigenvalue weighted by Crippen LogP contribution is -2.11. The van der Waals surface area contributed by atoms with Crippen molar-refractivity contribution >= 4 is 92.8 Å². The van der Waals surface area contributed by atoms with Gasteiger partial charge in [0.15, 0.2) is 4.84 Å². The normalized spacial score (nSPS) is 10.4. The minimum Gasteiger partial charge on any atom is -0.101 e. The Bertz CT molecular complexity index is 128. The summed E-state index contributed by atoms with van der Waals surface area (Å²) in [6, 6.07) is 0. The molecule has 0 aliphatic rings. The van der Waals surface area contributed by atoms with Crippen LogP contribution in [0.2, 0.25) is 0 Å². The Morgan fingerprint density at radius 1 is 1.08 bits per heavy atom. The van der Waals surface area contributed by atoms with E-state index in [9.17, 15) is 0 Å². The highest BCUT2D eigenvalue weighted by atomic mass is 35.6. The van der Waals surface area contributed by atoms with Gasteiger partial charge in [0.2, 0.25) is 3.79 Å². The number of rotatable bonds is 0. The van der Waals surface area contributed by atoms with Crippen molar-refractivity contribution < 1.29 is 0 Å². The molecule has 0 atom stereocenters. The van der Waals surface area contributed by atoms with Crippen LogP contribution in [0.15, 0.2) is 10.0 Å². The van der Waals surface area contributed by atoms with Crippen LogP contribution in [0, 0.1) is 0 Å². The largest absolute Gasteiger partial charge is 0.220 e. The van der Waals surface area contributed by atoms with E-state index in [4.69, 9.17) is 92.8 Å². The zero-order valence-electron chi connectivity index (χ0n) is 5.18. The summed E-state index contributed by atoms with van der Waals surface area (Å²) in [6.07, 6.45) is 0. The van der Waals surface area contributed by atoms with Crippen molar-refractivity contribution in [1.82, 2.24) is 0 Å². The third-order valence-electron chi connectivity index (χ3n) is 0.330. The number of alkyl halides is 5. The molecule has 8 heteroatoms. The molecule has 0 heterocycles. The molecule has 0 aromatic heterocycles. The van der Waals surface area contributed by atoms with E-state index in [1.165, 1.54) is 0 Å². The number of halogens is 8. The third-order valence-corrected chi connectivity index (χ3v) is 2.97. The van der Waals surface area contributed by atoms with Gasteiger partial charge in [-0.1, -0.05) is 69.6 Å². The van der Waals surface area contributed by atoms with Gasteiger partial charge in [-0.25, -0.2) is 0 Å². The monoisotopic (exact) mass is 330 g/mol. The summed E-state index contributed by atoms with van der Waals surface area (Å²) >= 11 is 40.5. The predicted octanol–water partition coefficient (Wildman–Crippen LogP) is 5.66. The fourth-order valence-corrected chi connectivity index (χ4v) is 0. The molecule has 0 spiro atoms. The Kier molecular flexibility index (Phi) is 11.5. The molecule has 0 saturated carbocycles. The molecule has 0 fully saturated rings. The second kappa shape index (κ2) is 8.38. The first kappa shape index (κ1) is 16.5. The van der Waals surface area contributed by atoms with Crippen LogP contribution in [-0.2, 0) is 0 Å². The molecule has 0 aliphatic heterocycles. The average molecular weight is 334 g/mol. The summed E-state index contributed by atoms with van der Waals surface area (Å²) in [6.45, 7) is 0. The molecule has 0 bridgehead atoms. The zero-order valence-corrected chi connectivity index (χ0v) is 11.2. The van der Waals surface area contributed by atoms with Crippen molar-refractivity contribution in [3.05, 3.63) is 10.0 Å². The maximum Gasteiger partial charge on any atom is 0.220 e. The van der Waals surface area contributed by atoms with Gasteiger partial charge in [0.25, 0.3) is 0 Å². The van der Waals surface area contributed by atoms with E-state index >= 15 is 0 Å². The zero-order chi connectivity index (χ0) is 10.4. The van der Waals surface area contributed by atoms with Crippen molar-refractivity contribution in [3.63, 3.8) is 0 Å². The second-order valence-electron chi connectivity index (χ2n) is 1.24. The van der Waals surface area contributed by atoms with Crippen molar-refractivity contribution in [1.29, 1.82) is 0 Å². The molecule has 0 saturated heterocycles. The summed E-state index contributed by atoms with van der Waals surface area (Å²) in [7, 11) is 0. The van der Waals surface area contributed by atoms with Gasteiger partial charge in [-0.15, -0.1) is 23.2 Å². The van der Waals surface area contributed by atoms with E-state index in [1.807, 2.05) is 0 Å². The van der Waals surface area contributed by atoms with Crippen LogP contribution in [0.25, 0.3) is 0 Å². The molecular formula is C4H2Cl8. The average Bonchev–Trinajstić information content (AvgIpc) is 1.87. The van der Waals surface area contributed by atoms with E-state index in [0.717, 1.165) is 5.54 Å². The minimum absolute atomic E-state index is 0.0895. The lowest BCUT2D eigenvalue weighted by atomic mass is 10.9.